The summed E-state index contributed by atoms with van der Waals surface area (Å²) < 4.78 is 6.66. The van der Waals surface area contributed by atoms with Crippen molar-refractivity contribution in [2.75, 3.05) is 7.11 Å². The molecule has 0 atom stereocenters. The van der Waals surface area contributed by atoms with Crippen molar-refractivity contribution in [2.24, 2.45) is 0 Å². The molecule has 1 aromatic heterocycles. The van der Waals surface area contributed by atoms with Crippen LogP contribution < -0.4 is 4.74 Å². The van der Waals surface area contributed by atoms with Gasteiger partial charge in [-0.25, -0.2) is 4.68 Å². The Morgan fingerprint density at radius 2 is 1.95 bits per heavy atom. The highest BCUT2D eigenvalue weighted by molar-refractivity contribution is 5.86. The minimum absolute atomic E-state index is 0.411. The Hall–Kier alpha value is -3.13. The van der Waals surface area contributed by atoms with Crippen LogP contribution in [0.25, 0.3) is 22.8 Å². The zero-order chi connectivity index (χ0) is 14.7. The maximum atomic E-state index is 9.39. The molecule has 0 unspecified atom stereocenters. The zero-order valence-corrected chi connectivity index (χ0v) is 11.4. The van der Waals surface area contributed by atoms with Gasteiger partial charge < -0.3 is 4.74 Å². The van der Waals surface area contributed by atoms with Crippen LogP contribution in [0, 0.1) is 11.3 Å². The molecule has 2 aromatic carbocycles. The maximum absolute atomic E-state index is 9.39. The first-order chi connectivity index (χ1) is 10.3. The van der Waals surface area contributed by atoms with Crippen LogP contribution in [-0.2, 0) is 0 Å². The SMILES string of the molecule is COc1ccc(/C=C(\C#N)n2nnc3ccccc32)cc1. The highest BCUT2D eigenvalue weighted by atomic mass is 16.5. The van der Waals surface area contributed by atoms with Gasteiger partial charge in [0.15, 0.2) is 0 Å². The van der Waals surface area contributed by atoms with E-state index in [1.165, 1.54) is 0 Å². The molecule has 3 aromatic rings. The minimum atomic E-state index is 0.411. The number of rotatable bonds is 3. The molecule has 0 radical (unpaired) electrons. The van der Waals surface area contributed by atoms with Crippen LogP contribution in [0.1, 0.15) is 5.56 Å². The lowest BCUT2D eigenvalue weighted by Gasteiger charge is -2.02. The molecular weight excluding hydrogens is 264 g/mol. The molecule has 102 valence electrons. The molecule has 0 saturated heterocycles. The largest absolute Gasteiger partial charge is 0.497 e. The Kier molecular flexibility index (Phi) is 3.36. The second-order valence-corrected chi connectivity index (χ2v) is 4.40. The highest BCUT2D eigenvalue weighted by Gasteiger charge is 2.07. The van der Waals surface area contributed by atoms with Crippen LogP contribution in [-0.4, -0.2) is 22.1 Å². The van der Waals surface area contributed by atoms with Crippen LogP contribution in [0.2, 0.25) is 0 Å². The molecule has 21 heavy (non-hydrogen) atoms. The van der Waals surface area contributed by atoms with Crippen molar-refractivity contribution in [2.45, 2.75) is 0 Å². The number of allylic oxidation sites excluding steroid dienone is 1. The summed E-state index contributed by atoms with van der Waals surface area (Å²) in [5.74, 6) is 0.775. The number of benzene rings is 2. The van der Waals surface area contributed by atoms with Crippen molar-refractivity contribution in [3.8, 4) is 11.8 Å². The van der Waals surface area contributed by atoms with Gasteiger partial charge in [0.2, 0.25) is 0 Å². The van der Waals surface area contributed by atoms with Crippen molar-refractivity contribution in [3.63, 3.8) is 0 Å². The predicted molar refractivity (Wildman–Crippen MR) is 80.3 cm³/mol. The average molecular weight is 276 g/mol. The van der Waals surface area contributed by atoms with Gasteiger partial charge in [-0.3, -0.25) is 0 Å². The van der Waals surface area contributed by atoms with Crippen molar-refractivity contribution in [1.82, 2.24) is 15.0 Å². The predicted octanol–water partition coefficient (Wildman–Crippen LogP) is 2.96. The number of fused-ring (bicyclic) bond motifs is 1. The van der Waals surface area contributed by atoms with E-state index in [-0.39, 0.29) is 0 Å². The van der Waals surface area contributed by atoms with Crippen LogP contribution in [0.4, 0.5) is 0 Å². The number of para-hydroxylation sites is 1. The van der Waals surface area contributed by atoms with Crippen LogP contribution in [0.3, 0.4) is 0 Å². The lowest BCUT2D eigenvalue weighted by Crippen LogP contribution is -1.97. The second kappa shape index (κ2) is 5.47. The van der Waals surface area contributed by atoms with Gasteiger partial charge in [-0.05, 0) is 35.9 Å². The first-order valence-electron chi connectivity index (χ1n) is 6.38. The van der Waals surface area contributed by atoms with E-state index in [0.29, 0.717) is 5.70 Å². The van der Waals surface area contributed by atoms with E-state index in [4.69, 9.17) is 4.74 Å². The number of hydrogen-bond donors (Lipinski definition) is 0. The van der Waals surface area contributed by atoms with Crippen molar-refractivity contribution < 1.29 is 4.74 Å². The van der Waals surface area contributed by atoms with Gasteiger partial charge in [-0.1, -0.05) is 29.5 Å². The average Bonchev–Trinajstić information content (AvgIpc) is 2.97. The summed E-state index contributed by atoms with van der Waals surface area (Å²) in [4.78, 5) is 0. The molecule has 0 aliphatic rings. The Labute approximate surface area is 121 Å². The summed E-state index contributed by atoms with van der Waals surface area (Å²) in [6.45, 7) is 0. The van der Waals surface area contributed by atoms with Gasteiger partial charge >= 0.3 is 0 Å². The maximum Gasteiger partial charge on any atom is 0.145 e. The van der Waals surface area contributed by atoms with Crippen molar-refractivity contribution in [1.29, 1.82) is 5.26 Å². The topological polar surface area (TPSA) is 63.7 Å². The third kappa shape index (κ3) is 2.47. The number of methoxy groups -OCH3 is 1. The number of nitrogens with zero attached hydrogens (tertiary/aromatic N) is 4. The molecule has 0 N–H and O–H groups in total. The van der Waals surface area contributed by atoms with Crippen LogP contribution in [0.5, 0.6) is 5.75 Å². The van der Waals surface area contributed by atoms with E-state index < -0.39 is 0 Å². The summed E-state index contributed by atoms with van der Waals surface area (Å²) >= 11 is 0. The van der Waals surface area contributed by atoms with Gasteiger partial charge in [0.25, 0.3) is 0 Å². The summed E-state index contributed by atoms with van der Waals surface area (Å²) in [5, 5.41) is 17.5. The molecule has 0 fully saturated rings. The van der Waals surface area contributed by atoms with Gasteiger partial charge in [-0.15, -0.1) is 5.10 Å². The molecule has 3 rings (SSSR count). The van der Waals surface area contributed by atoms with E-state index in [9.17, 15) is 5.26 Å². The van der Waals surface area contributed by atoms with E-state index in [2.05, 4.69) is 16.4 Å². The number of hydrogen-bond acceptors (Lipinski definition) is 4. The minimum Gasteiger partial charge on any atom is -0.497 e. The first kappa shape index (κ1) is 12.9. The lowest BCUT2D eigenvalue weighted by atomic mass is 10.2. The van der Waals surface area contributed by atoms with Gasteiger partial charge in [0.05, 0.1) is 12.6 Å². The Balaban J connectivity index is 2.05. The molecule has 0 aliphatic carbocycles. The van der Waals surface area contributed by atoms with E-state index in [0.717, 1.165) is 22.3 Å². The molecular formula is C16H12N4O. The fourth-order valence-corrected chi connectivity index (χ4v) is 2.05. The number of ether oxygens (including phenoxy) is 1. The van der Waals surface area contributed by atoms with E-state index in [1.807, 2.05) is 48.5 Å². The fraction of sp³-hybridized carbons (Fsp3) is 0.0625. The molecule has 0 bridgehead atoms. The Bertz CT molecular complexity index is 841. The quantitative estimate of drug-likeness (QED) is 0.690. The third-order valence-corrected chi connectivity index (χ3v) is 3.11. The lowest BCUT2D eigenvalue weighted by molar-refractivity contribution is 0.415. The van der Waals surface area contributed by atoms with Crippen molar-refractivity contribution >= 4 is 22.8 Å². The molecule has 0 amide bonds. The Morgan fingerprint density at radius 3 is 2.67 bits per heavy atom. The number of nitriles is 1. The molecule has 5 heteroatoms. The summed E-state index contributed by atoms with van der Waals surface area (Å²) in [6.07, 6.45) is 1.76. The monoisotopic (exact) mass is 276 g/mol. The van der Waals surface area contributed by atoms with Gasteiger partial charge in [-0.2, -0.15) is 5.26 Å². The summed E-state index contributed by atoms with van der Waals surface area (Å²) in [7, 11) is 1.62. The van der Waals surface area contributed by atoms with Gasteiger partial charge in [0.1, 0.15) is 23.0 Å². The first-order valence-corrected chi connectivity index (χ1v) is 6.38. The normalized spacial score (nSPS) is 11.3. The van der Waals surface area contributed by atoms with Crippen LogP contribution >= 0.6 is 0 Å². The van der Waals surface area contributed by atoms with Crippen molar-refractivity contribution in [3.05, 3.63) is 54.1 Å². The standard InChI is InChI=1S/C16H12N4O/c1-21-14-8-6-12(7-9-14)10-13(11-17)20-16-5-3-2-4-15(16)18-19-20/h2-10H,1H3/b13-10+. The second-order valence-electron chi connectivity index (χ2n) is 4.40. The zero-order valence-electron chi connectivity index (χ0n) is 11.4. The summed E-state index contributed by atoms with van der Waals surface area (Å²) in [6, 6.07) is 17.2. The molecule has 0 saturated carbocycles. The molecule has 0 spiro atoms. The molecule has 0 aliphatic heterocycles. The third-order valence-electron chi connectivity index (χ3n) is 3.11. The summed E-state index contributed by atoms with van der Waals surface area (Å²) in [5.41, 5.74) is 2.87. The van der Waals surface area contributed by atoms with E-state index in [1.54, 1.807) is 17.9 Å². The van der Waals surface area contributed by atoms with Gasteiger partial charge in [0, 0.05) is 0 Å². The molecule has 5 nitrogen and oxygen atoms in total. The highest BCUT2D eigenvalue weighted by Crippen LogP contribution is 2.18. The van der Waals surface area contributed by atoms with Crippen LogP contribution in [0.15, 0.2) is 48.5 Å². The smallest absolute Gasteiger partial charge is 0.145 e. The van der Waals surface area contributed by atoms with E-state index >= 15 is 0 Å². The Morgan fingerprint density at radius 1 is 1.19 bits per heavy atom. The molecule has 1 heterocycles. The number of aromatic nitrogens is 3. The fourth-order valence-electron chi connectivity index (χ4n) is 2.05.